The van der Waals surface area contributed by atoms with E-state index in [2.05, 4.69) is 15.5 Å². The fourth-order valence-corrected chi connectivity index (χ4v) is 9.34. The predicted molar refractivity (Wildman–Crippen MR) is 217 cm³/mol. The van der Waals surface area contributed by atoms with E-state index in [9.17, 15) is 32.7 Å². The van der Waals surface area contributed by atoms with E-state index >= 15 is 0 Å². The van der Waals surface area contributed by atoms with E-state index in [0.717, 1.165) is 62.0 Å². The Bertz CT molecular complexity index is 2180. The maximum absolute atomic E-state index is 13.9. The van der Waals surface area contributed by atoms with Gasteiger partial charge in [0.1, 0.15) is 0 Å². The molecule has 2 aliphatic rings. The quantitative estimate of drug-likeness (QED) is 0.137. The number of carbonyl (C=O) groups is 4. The third kappa shape index (κ3) is 12.4. The first-order valence-electron chi connectivity index (χ1n) is 19.2. The molecule has 12 nitrogen and oxygen atoms in total. The van der Waals surface area contributed by atoms with Crippen molar-refractivity contribution in [2.24, 2.45) is 5.92 Å². The molecule has 298 valence electrons. The number of carbonyl (C=O) groups excluding carboxylic acids is 2. The molecule has 0 bridgehead atoms. The summed E-state index contributed by atoms with van der Waals surface area (Å²) in [6.07, 6.45) is 6.36. The second-order valence-electron chi connectivity index (χ2n) is 14.5. The fourth-order valence-electron chi connectivity index (χ4n) is 7.60. The van der Waals surface area contributed by atoms with Gasteiger partial charge in [-0.05, 0) is 130 Å². The van der Waals surface area contributed by atoms with Gasteiger partial charge in [-0.1, -0.05) is 37.3 Å². The van der Waals surface area contributed by atoms with Crippen molar-refractivity contribution in [3.63, 3.8) is 0 Å². The summed E-state index contributed by atoms with van der Waals surface area (Å²) in [5.41, 5.74) is 4.38. The van der Waals surface area contributed by atoms with Crippen LogP contribution in [0.1, 0.15) is 96.9 Å². The normalized spacial score (nSPS) is 16.7. The average Bonchev–Trinajstić information content (AvgIpc) is 3.21. The summed E-state index contributed by atoms with van der Waals surface area (Å²) >= 11 is 0. The van der Waals surface area contributed by atoms with Gasteiger partial charge in [-0.15, -0.1) is 0 Å². The van der Waals surface area contributed by atoms with Crippen molar-refractivity contribution in [3.05, 3.63) is 119 Å². The van der Waals surface area contributed by atoms with Gasteiger partial charge >= 0.3 is 115 Å². The number of carboxylic acids is 2. The Hall–Kier alpha value is -2.26. The zero-order chi connectivity index (χ0) is 39.8. The number of piperidine rings is 1. The number of amides is 2. The molecular weight excluding hydrogens is 811 g/mol. The summed E-state index contributed by atoms with van der Waals surface area (Å²) in [5, 5.41) is 24.4. The van der Waals surface area contributed by atoms with E-state index in [1.165, 1.54) is 28.6 Å². The molecule has 1 saturated heterocycles. The molecular formula is C43H50K2N4O8S. The van der Waals surface area contributed by atoms with Crippen molar-refractivity contribution in [2.45, 2.75) is 75.6 Å². The second-order valence-corrected chi connectivity index (χ2v) is 16.4. The summed E-state index contributed by atoms with van der Waals surface area (Å²) in [6, 6.07) is 25.1. The Morgan fingerprint density at radius 2 is 1.36 bits per heavy atom. The Kier molecular flexibility index (Phi) is 18.8. The predicted octanol–water partition coefficient (Wildman–Crippen LogP) is 1.55. The van der Waals surface area contributed by atoms with Crippen LogP contribution in [0.25, 0.3) is 0 Å². The summed E-state index contributed by atoms with van der Waals surface area (Å²) in [5.74, 6) is -3.29. The third-order valence-electron chi connectivity index (χ3n) is 10.8. The molecule has 15 heteroatoms. The molecule has 6 rings (SSSR count). The molecule has 4 N–H and O–H groups in total. The fraction of sp³-hybridized carbons (Fsp3) is 0.349. The van der Waals surface area contributed by atoms with Gasteiger partial charge in [0.2, 0.25) is 10.0 Å². The van der Waals surface area contributed by atoms with Crippen LogP contribution in [0.2, 0.25) is 0 Å². The van der Waals surface area contributed by atoms with E-state index in [4.69, 9.17) is 5.11 Å². The van der Waals surface area contributed by atoms with E-state index in [0.29, 0.717) is 31.4 Å². The number of anilines is 3. The molecule has 58 heavy (non-hydrogen) atoms. The van der Waals surface area contributed by atoms with Gasteiger partial charge in [0.05, 0.1) is 27.6 Å². The molecule has 2 fully saturated rings. The summed E-state index contributed by atoms with van der Waals surface area (Å²) < 4.78 is 29.1. The van der Waals surface area contributed by atoms with Crippen LogP contribution in [-0.2, 0) is 27.7 Å². The number of nitrogens with one attached hydrogen (secondary N) is 2. The van der Waals surface area contributed by atoms with Crippen LogP contribution in [0.3, 0.4) is 0 Å². The number of carboxylic acid groups (broad SMARTS) is 2. The van der Waals surface area contributed by atoms with Gasteiger partial charge in [-0.2, -0.15) is 4.31 Å². The van der Waals surface area contributed by atoms with Gasteiger partial charge < -0.3 is 28.6 Å². The third-order valence-corrected chi connectivity index (χ3v) is 12.8. The van der Waals surface area contributed by atoms with Crippen LogP contribution in [0.5, 0.6) is 0 Å². The van der Waals surface area contributed by atoms with E-state index in [1.54, 1.807) is 31.2 Å². The molecule has 4 aromatic rings. The molecule has 2 amide bonds. The molecule has 1 aliphatic carbocycles. The Labute approximate surface area is 428 Å². The van der Waals surface area contributed by atoms with Gasteiger partial charge in [0.25, 0.3) is 11.8 Å². The van der Waals surface area contributed by atoms with Gasteiger partial charge in [0.15, 0.2) is 0 Å². The van der Waals surface area contributed by atoms with E-state index < -0.39 is 39.7 Å². The standard InChI is InChI=1S/C43H48N4O8S.2K.2H/c1-2-47(35-21-17-32(18-22-35)43(52)53)56(54,55)37-8-6-7-33(27-37)40(48)45-39-24-23-36(46-25-4-3-5-26-46)28-38(39)41(49)44-34-19-13-30(14-20-34)10-9-29-11-15-31(16-12-29)42(50)51;;;;/h6-8,11-16,19-20,23-24,27-28,32,35H,2-5,9-10,17-18,21-22,25-26H2,1H3,(H,44,49)(H,45,48)(H,50,51)(H,52,53);;;;/q;2*+1;2*-1. The maximum Gasteiger partial charge on any atom is 1.00 e. The van der Waals surface area contributed by atoms with E-state index in [1.807, 2.05) is 42.5 Å². The summed E-state index contributed by atoms with van der Waals surface area (Å²) in [4.78, 5) is 52.5. The number of hydrogen-bond donors (Lipinski definition) is 4. The number of nitrogens with zero attached hydrogens (tertiary/aromatic N) is 2. The number of aromatic carboxylic acids is 1. The van der Waals surface area contributed by atoms with Crippen LogP contribution in [0.4, 0.5) is 17.1 Å². The number of hydrogen-bond acceptors (Lipinski definition) is 7. The molecule has 0 spiro atoms. The molecule has 1 aliphatic heterocycles. The zero-order valence-corrected chi connectivity index (χ0v) is 40.5. The van der Waals surface area contributed by atoms with Crippen molar-refractivity contribution in [3.8, 4) is 0 Å². The minimum atomic E-state index is -4.00. The first kappa shape index (κ1) is 48.4. The largest absolute Gasteiger partial charge is 1.00 e. The number of sulfonamides is 1. The number of aliphatic carboxylic acids is 1. The van der Waals surface area contributed by atoms with Crippen molar-refractivity contribution < 1.29 is 143 Å². The second kappa shape index (κ2) is 22.5. The van der Waals surface area contributed by atoms with Crippen molar-refractivity contribution in [1.82, 2.24) is 4.31 Å². The van der Waals surface area contributed by atoms with Crippen LogP contribution >= 0.6 is 0 Å². The van der Waals surface area contributed by atoms with E-state index in [-0.39, 0.29) is 145 Å². The SMILES string of the molecule is CCN(C1CCC(C(=O)O)CC1)S(=O)(=O)c1cccc(C(=O)Nc2ccc(N3CCCCC3)cc2C(=O)Nc2ccc(CCc3ccc(C(=O)O)cc3)cc2)c1.[H-].[H-].[K+].[K+]. The van der Waals surface area contributed by atoms with Gasteiger partial charge in [0, 0.05) is 42.6 Å². The Balaban J connectivity index is 0.00000310. The molecule has 0 atom stereocenters. The number of aryl methyl sites for hydroxylation is 2. The summed E-state index contributed by atoms with van der Waals surface area (Å²) in [6.45, 7) is 3.67. The van der Waals surface area contributed by atoms with Crippen molar-refractivity contribution >= 4 is 50.8 Å². The monoisotopic (exact) mass is 860 g/mol. The van der Waals surface area contributed by atoms with Crippen molar-refractivity contribution in [1.29, 1.82) is 0 Å². The minimum Gasteiger partial charge on any atom is -1.00 e. The van der Waals surface area contributed by atoms with Gasteiger partial charge in [-0.25, -0.2) is 13.2 Å². The maximum atomic E-state index is 13.9. The molecule has 0 unspecified atom stereocenters. The van der Waals surface area contributed by atoms with Crippen molar-refractivity contribution in [2.75, 3.05) is 35.2 Å². The molecule has 4 aromatic carbocycles. The van der Waals surface area contributed by atoms with Crippen LogP contribution in [0.15, 0.2) is 95.9 Å². The minimum absolute atomic E-state index is 0. The summed E-state index contributed by atoms with van der Waals surface area (Å²) in [7, 11) is -4.00. The molecule has 0 radical (unpaired) electrons. The van der Waals surface area contributed by atoms with Gasteiger partial charge in [-0.3, -0.25) is 14.4 Å². The van der Waals surface area contributed by atoms with Crippen LogP contribution < -0.4 is 118 Å². The zero-order valence-electron chi connectivity index (χ0n) is 35.4. The first-order chi connectivity index (χ1) is 26.9. The average molecular weight is 861 g/mol. The first-order valence-corrected chi connectivity index (χ1v) is 20.6. The smallest absolute Gasteiger partial charge is 1.00 e. The topological polar surface area (TPSA) is 173 Å². The number of rotatable bonds is 14. The Morgan fingerprint density at radius 3 is 1.95 bits per heavy atom. The van der Waals surface area contributed by atoms with Crippen LogP contribution in [-0.4, -0.2) is 72.4 Å². The van der Waals surface area contributed by atoms with Crippen LogP contribution in [0, 0.1) is 5.92 Å². The molecule has 1 heterocycles. The number of benzene rings is 4. The molecule has 1 saturated carbocycles. The molecule has 0 aromatic heterocycles. The Morgan fingerprint density at radius 1 is 0.741 bits per heavy atom.